The molecule has 3 heteroatoms. The monoisotopic (exact) mass is 207 g/mol. The second-order valence-corrected chi connectivity index (χ2v) is 4.82. The summed E-state index contributed by atoms with van der Waals surface area (Å²) in [6.07, 6.45) is 7.41. The van der Waals surface area contributed by atoms with Crippen molar-refractivity contribution in [2.45, 2.75) is 44.1 Å². The third kappa shape index (κ3) is 2.32. The standard InChI is InChI=1S/C12H21N3/c13-10-12(6-5-7-14-11-12)15-8-3-1-2-4-9-15/h14H,1-9,11H2. The van der Waals surface area contributed by atoms with E-state index in [-0.39, 0.29) is 5.54 Å². The van der Waals surface area contributed by atoms with Crippen LogP contribution in [0.2, 0.25) is 0 Å². The highest BCUT2D eigenvalue weighted by molar-refractivity contribution is 5.11. The molecule has 1 atom stereocenters. The molecule has 1 unspecified atom stereocenters. The highest BCUT2D eigenvalue weighted by Gasteiger charge is 2.38. The first kappa shape index (κ1) is 10.9. The Morgan fingerprint density at radius 2 is 1.80 bits per heavy atom. The Labute approximate surface area is 92.4 Å². The van der Waals surface area contributed by atoms with Crippen LogP contribution in [0, 0.1) is 11.3 Å². The molecular formula is C12H21N3. The van der Waals surface area contributed by atoms with Crippen molar-refractivity contribution >= 4 is 0 Å². The van der Waals surface area contributed by atoms with E-state index in [1.54, 1.807) is 0 Å². The van der Waals surface area contributed by atoms with E-state index in [1.165, 1.54) is 25.7 Å². The summed E-state index contributed by atoms with van der Waals surface area (Å²) in [6.45, 7) is 4.19. The summed E-state index contributed by atoms with van der Waals surface area (Å²) >= 11 is 0. The topological polar surface area (TPSA) is 39.1 Å². The quantitative estimate of drug-likeness (QED) is 0.708. The van der Waals surface area contributed by atoms with Crippen molar-refractivity contribution in [1.82, 2.24) is 10.2 Å². The van der Waals surface area contributed by atoms with E-state index in [2.05, 4.69) is 16.3 Å². The van der Waals surface area contributed by atoms with E-state index in [4.69, 9.17) is 0 Å². The molecule has 2 rings (SSSR count). The Balaban J connectivity index is 2.06. The minimum absolute atomic E-state index is 0.192. The van der Waals surface area contributed by atoms with Crippen molar-refractivity contribution in [3.8, 4) is 6.07 Å². The molecular weight excluding hydrogens is 186 g/mol. The highest BCUT2D eigenvalue weighted by atomic mass is 15.2. The van der Waals surface area contributed by atoms with Crippen LogP contribution in [0.1, 0.15) is 38.5 Å². The first-order valence-corrected chi connectivity index (χ1v) is 6.24. The van der Waals surface area contributed by atoms with Crippen LogP contribution in [-0.2, 0) is 0 Å². The highest BCUT2D eigenvalue weighted by Crippen LogP contribution is 2.26. The summed E-state index contributed by atoms with van der Waals surface area (Å²) < 4.78 is 0. The lowest BCUT2D eigenvalue weighted by atomic mass is 9.89. The zero-order valence-corrected chi connectivity index (χ0v) is 9.47. The molecule has 0 saturated carbocycles. The Hall–Kier alpha value is -0.590. The van der Waals surface area contributed by atoms with Crippen molar-refractivity contribution in [2.75, 3.05) is 26.2 Å². The molecule has 84 valence electrons. The summed E-state index contributed by atoms with van der Waals surface area (Å²) in [5.41, 5.74) is -0.192. The molecule has 0 aromatic rings. The van der Waals surface area contributed by atoms with Gasteiger partial charge in [0.05, 0.1) is 6.07 Å². The maximum Gasteiger partial charge on any atom is 0.121 e. The van der Waals surface area contributed by atoms with Crippen molar-refractivity contribution < 1.29 is 0 Å². The van der Waals surface area contributed by atoms with Gasteiger partial charge in [0.1, 0.15) is 5.54 Å². The first-order valence-electron chi connectivity index (χ1n) is 6.24. The van der Waals surface area contributed by atoms with Gasteiger partial charge in [0.25, 0.3) is 0 Å². The SMILES string of the molecule is N#CC1(N2CCCCCC2)CCCNC1. The van der Waals surface area contributed by atoms with Crippen LogP contribution in [0.25, 0.3) is 0 Å². The molecule has 15 heavy (non-hydrogen) atoms. The minimum atomic E-state index is -0.192. The van der Waals surface area contributed by atoms with Crippen LogP contribution < -0.4 is 5.32 Å². The Bertz CT molecular complexity index is 230. The molecule has 0 aromatic carbocycles. The predicted octanol–water partition coefficient (Wildman–Crippen LogP) is 1.51. The fourth-order valence-corrected chi connectivity index (χ4v) is 2.82. The zero-order valence-electron chi connectivity index (χ0n) is 9.47. The average Bonchev–Trinajstić information content (AvgIpc) is 2.59. The molecule has 0 amide bonds. The Morgan fingerprint density at radius 3 is 2.33 bits per heavy atom. The van der Waals surface area contributed by atoms with Crippen molar-refractivity contribution in [2.24, 2.45) is 0 Å². The van der Waals surface area contributed by atoms with Crippen LogP contribution in [-0.4, -0.2) is 36.6 Å². The number of nitriles is 1. The minimum Gasteiger partial charge on any atom is -0.314 e. The average molecular weight is 207 g/mol. The first-order chi connectivity index (χ1) is 7.37. The molecule has 2 saturated heterocycles. The molecule has 2 aliphatic rings. The molecule has 2 aliphatic heterocycles. The van der Waals surface area contributed by atoms with E-state index in [0.717, 1.165) is 39.0 Å². The third-order valence-electron chi connectivity index (χ3n) is 3.78. The lowest BCUT2D eigenvalue weighted by molar-refractivity contribution is 0.113. The van der Waals surface area contributed by atoms with Crippen LogP contribution in [0.5, 0.6) is 0 Å². The van der Waals surface area contributed by atoms with Crippen molar-refractivity contribution in [1.29, 1.82) is 5.26 Å². The van der Waals surface area contributed by atoms with Gasteiger partial charge >= 0.3 is 0 Å². The van der Waals surface area contributed by atoms with Gasteiger partial charge in [-0.1, -0.05) is 12.8 Å². The molecule has 2 fully saturated rings. The number of likely N-dealkylation sites (tertiary alicyclic amines) is 1. The van der Waals surface area contributed by atoms with Gasteiger partial charge in [-0.25, -0.2) is 0 Å². The predicted molar refractivity (Wildman–Crippen MR) is 60.5 cm³/mol. The summed E-state index contributed by atoms with van der Waals surface area (Å²) in [5.74, 6) is 0. The fourth-order valence-electron chi connectivity index (χ4n) is 2.82. The summed E-state index contributed by atoms with van der Waals surface area (Å²) in [6, 6.07) is 2.58. The van der Waals surface area contributed by atoms with Gasteiger partial charge in [0.2, 0.25) is 0 Å². The normalized spacial score (nSPS) is 34.3. The zero-order chi connectivity index (χ0) is 10.6. The van der Waals surface area contributed by atoms with Gasteiger partial charge in [-0.05, 0) is 45.3 Å². The molecule has 2 heterocycles. The van der Waals surface area contributed by atoms with E-state index in [1.807, 2.05) is 0 Å². The molecule has 0 aliphatic carbocycles. The van der Waals surface area contributed by atoms with E-state index in [9.17, 15) is 5.26 Å². The Kier molecular flexibility index (Phi) is 3.61. The summed E-state index contributed by atoms with van der Waals surface area (Å²) in [7, 11) is 0. The maximum atomic E-state index is 9.45. The van der Waals surface area contributed by atoms with Gasteiger partial charge in [0.15, 0.2) is 0 Å². The van der Waals surface area contributed by atoms with Crippen molar-refractivity contribution in [3.05, 3.63) is 0 Å². The fraction of sp³-hybridized carbons (Fsp3) is 0.917. The van der Waals surface area contributed by atoms with Gasteiger partial charge < -0.3 is 5.32 Å². The second-order valence-electron chi connectivity index (χ2n) is 4.82. The van der Waals surface area contributed by atoms with E-state index < -0.39 is 0 Å². The molecule has 0 spiro atoms. The van der Waals surface area contributed by atoms with Crippen LogP contribution in [0.15, 0.2) is 0 Å². The number of hydrogen-bond acceptors (Lipinski definition) is 3. The number of nitrogens with zero attached hydrogens (tertiary/aromatic N) is 2. The lowest BCUT2D eigenvalue weighted by Gasteiger charge is -2.41. The number of rotatable bonds is 1. The number of piperidine rings is 1. The van der Waals surface area contributed by atoms with E-state index in [0.29, 0.717) is 0 Å². The summed E-state index contributed by atoms with van der Waals surface area (Å²) in [5, 5.41) is 12.8. The van der Waals surface area contributed by atoms with Crippen LogP contribution in [0.3, 0.4) is 0 Å². The number of hydrogen-bond donors (Lipinski definition) is 1. The molecule has 3 nitrogen and oxygen atoms in total. The maximum absolute atomic E-state index is 9.45. The van der Waals surface area contributed by atoms with Gasteiger partial charge in [-0.15, -0.1) is 0 Å². The third-order valence-corrected chi connectivity index (χ3v) is 3.78. The summed E-state index contributed by atoms with van der Waals surface area (Å²) in [4.78, 5) is 2.44. The molecule has 0 aromatic heterocycles. The van der Waals surface area contributed by atoms with Crippen LogP contribution >= 0.6 is 0 Å². The van der Waals surface area contributed by atoms with Gasteiger partial charge in [0, 0.05) is 6.54 Å². The Morgan fingerprint density at radius 1 is 1.07 bits per heavy atom. The van der Waals surface area contributed by atoms with Gasteiger partial charge in [-0.2, -0.15) is 5.26 Å². The van der Waals surface area contributed by atoms with Gasteiger partial charge in [-0.3, -0.25) is 4.90 Å². The molecule has 0 radical (unpaired) electrons. The second kappa shape index (κ2) is 4.96. The molecule has 0 bridgehead atoms. The van der Waals surface area contributed by atoms with E-state index >= 15 is 0 Å². The van der Waals surface area contributed by atoms with Crippen molar-refractivity contribution in [3.63, 3.8) is 0 Å². The largest absolute Gasteiger partial charge is 0.314 e. The lowest BCUT2D eigenvalue weighted by Crippen LogP contribution is -2.57. The van der Waals surface area contributed by atoms with Crippen LogP contribution in [0.4, 0.5) is 0 Å². The smallest absolute Gasteiger partial charge is 0.121 e. The number of nitrogens with one attached hydrogen (secondary N) is 1. The molecule has 1 N–H and O–H groups in total.